The number of aromatic nitrogens is 4. The van der Waals surface area contributed by atoms with Gasteiger partial charge in [0.2, 0.25) is 0 Å². The first-order valence-corrected chi connectivity index (χ1v) is 6.45. The van der Waals surface area contributed by atoms with Gasteiger partial charge in [0.1, 0.15) is 0 Å². The van der Waals surface area contributed by atoms with Crippen molar-refractivity contribution < 1.29 is 0 Å². The van der Waals surface area contributed by atoms with Gasteiger partial charge in [0, 0.05) is 25.5 Å². The van der Waals surface area contributed by atoms with Crippen molar-refractivity contribution in [2.24, 2.45) is 0 Å². The fourth-order valence-electron chi connectivity index (χ4n) is 2.29. The van der Waals surface area contributed by atoms with Crippen LogP contribution in [0.15, 0.2) is 52.3 Å². The number of imidazole rings is 1. The fourth-order valence-corrected chi connectivity index (χ4v) is 2.29. The van der Waals surface area contributed by atoms with E-state index in [2.05, 4.69) is 9.97 Å². The highest BCUT2D eigenvalue weighted by Gasteiger charge is 2.05. The summed E-state index contributed by atoms with van der Waals surface area (Å²) in [7, 11) is 0. The molecule has 0 fully saturated rings. The van der Waals surface area contributed by atoms with Crippen LogP contribution in [0.4, 0.5) is 0 Å². The number of para-hydroxylation sites is 2. The molecular weight excluding hydrogens is 256 g/mol. The van der Waals surface area contributed by atoms with Gasteiger partial charge >= 0.3 is 11.4 Å². The highest BCUT2D eigenvalue weighted by Crippen LogP contribution is 2.09. The molecule has 0 spiro atoms. The lowest BCUT2D eigenvalue weighted by molar-refractivity contribution is 0.545. The smallest absolute Gasteiger partial charge is 0.306 e. The van der Waals surface area contributed by atoms with E-state index in [0.717, 1.165) is 11.0 Å². The Kier molecular flexibility index (Phi) is 3.20. The van der Waals surface area contributed by atoms with Crippen LogP contribution in [0.5, 0.6) is 0 Å². The molecular formula is C14H14N4O2. The number of aromatic amines is 1. The molecule has 0 aliphatic rings. The topological polar surface area (TPSA) is 72.7 Å². The monoisotopic (exact) mass is 270 g/mol. The van der Waals surface area contributed by atoms with Crippen molar-refractivity contribution in [2.45, 2.75) is 19.5 Å². The normalized spacial score (nSPS) is 11.0. The molecule has 3 aromatic rings. The van der Waals surface area contributed by atoms with Gasteiger partial charge < -0.3 is 4.98 Å². The Morgan fingerprint density at radius 1 is 1.10 bits per heavy atom. The summed E-state index contributed by atoms with van der Waals surface area (Å²) in [5.41, 5.74) is 1.33. The quantitative estimate of drug-likeness (QED) is 0.768. The second kappa shape index (κ2) is 5.16. The second-order valence-corrected chi connectivity index (χ2v) is 4.55. The number of nitrogens with zero attached hydrogens (tertiary/aromatic N) is 3. The van der Waals surface area contributed by atoms with E-state index in [9.17, 15) is 9.59 Å². The van der Waals surface area contributed by atoms with Gasteiger partial charge in [-0.25, -0.2) is 14.6 Å². The third-order valence-corrected chi connectivity index (χ3v) is 3.25. The van der Waals surface area contributed by atoms with Gasteiger partial charge in [-0.05, 0) is 24.6 Å². The molecule has 0 aliphatic carbocycles. The first kappa shape index (κ1) is 12.4. The Balaban J connectivity index is 1.78. The minimum absolute atomic E-state index is 0.121. The Morgan fingerprint density at radius 2 is 1.95 bits per heavy atom. The maximum atomic E-state index is 11.9. The molecule has 0 aliphatic heterocycles. The summed E-state index contributed by atoms with van der Waals surface area (Å²) in [5.74, 6) is 0. The summed E-state index contributed by atoms with van der Waals surface area (Å²) >= 11 is 0. The van der Waals surface area contributed by atoms with Gasteiger partial charge in [0.25, 0.3) is 0 Å². The molecule has 6 heteroatoms. The minimum atomic E-state index is -0.265. The molecule has 2 heterocycles. The fraction of sp³-hybridized carbons (Fsp3) is 0.214. The van der Waals surface area contributed by atoms with Crippen LogP contribution in [0, 0.1) is 0 Å². The second-order valence-electron chi connectivity index (χ2n) is 4.55. The Labute approximate surface area is 114 Å². The van der Waals surface area contributed by atoms with E-state index in [1.54, 1.807) is 21.4 Å². The van der Waals surface area contributed by atoms with Gasteiger partial charge in [0.15, 0.2) is 0 Å². The van der Waals surface area contributed by atoms with Gasteiger partial charge in [-0.3, -0.25) is 9.13 Å². The minimum Gasteiger partial charge on any atom is -0.306 e. The number of hydrogen-bond donors (Lipinski definition) is 1. The molecule has 20 heavy (non-hydrogen) atoms. The van der Waals surface area contributed by atoms with E-state index in [0.29, 0.717) is 19.5 Å². The zero-order valence-corrected chi connectivity index (χ0v) is 10.8. The molecule has 0 amide bonds. The highest BCUT2D eigenvalue weighted by atomic mass is 16.1. The average molecular weight is 270 g/mol. The number of hydrogen-bond acceptors (Lipinski definition) is 3. The Morgan fingerprint density at radius 3 is 2.80 bits per heavy atom. The lowest BCUT2D eigenvalue weighted by Gasteiger charge is -2.05. The predicted octanol–water partition coefficient (Wildman–Crippen LogP) is 0.977. The van der Waals surface area contributed by atoms with Crippen molar-refractivity contribution in [1.82, 2.24) is 19.1 Å². The zero-order valence-electron chi connectivity index (χ0n) is 10.8. The highest BCUT2D eigenvalue weighted by molar-refractivity contribution is 5.74. The third-order valence-electron chi connectivity index (χ3n) is 3.25. The number of nitrogens with one attached hydrogen (secondary N) is 1. The standard InChI is InChI=1S/C14H14N4O2/c19-13-15-7-3-8-17(13)9-4-10-18-12-6-2-1-5-11(12)16-14(18)20/h1-3,5-8H,4,9-10H2,(H,16,20). The van der Waals surface area contributed by atoms with Crippen LogP contribution >= 0.6 is 0 Å². The summed E-state index contributed by atoms with van der Waals surface area (Å²) in [6.45, 7) is 1.10. The molecule has 0 saturated heterocycles. The summed E-state index contributed by atoms with van der Waals surface area (Å²) < 4.78 is 3.23. The van der Waals surface area contributed by atoms with E-state index in [1.165, 1.54) is 6.20 Å². The largest absolute Gasteiger partial charge is 0.347 e. The van der Waals surface area contributed by atoms with E-state index < -0.39 is 0 Å². The molecule has 0 saturated carbocycles. The van der Waals surface area contributed by atoms with Crippen molar-refractivity contribution in [3.63, 3.8) is 0 Å². The van der Waals surface area contributed by atoms with Crippen molar-refractivity contribution in [1.29, 1.82) is 0 Å². The van der Waals surface area contributed by atoms with Crippen molar-refractivity contribution in [3.8, 4) is 0 Å². The lowest BCUT2D eigenvalue weighted by atomic mass is 10.3. The Bertz CT molecular complexity index is 844. The van der Waals surface area contributed by atoms with Gasteiger partial charge in [0.05, 0.1) is 11.0 Å². The maximum absolute atomic E-state index is 11.9. The van der Waals surface area contributed by atoms with Crippen LogP contribution < -0.4 is 11.4 Å². The van der Waals surface area contributed by atoms with Crippen LogP contribution in [0.25, 0.3) is 11.0 Å². The molecule has 2 aromatic heterocycles. The number of fused-ring (bicyclic) bond motifs is 1. The predicted molar refractivity (Wildman–Crippen MR) is 75.7 cm³/mol. The van der Waals surface area contributed by atoms with Crippen molar-refractivity contribution >= 4 is 11.0 Å². The van der Waals surface area contributed by atoms with Crippen LogP contribution in [0.1, 0.15) is 6.42 Å². The zero-order chi connectivity index (χ0) is 13.9. The van der Waals surface area contributed by atoms with Crippen LogP contribution in [-0.2, 0) is 13.1 Å². The summed E-state index contributed by atoms with van der Waals surface area (Å²) in [6, 6.07) is 9.29. The van der Waals surface area contributed by atoms with E-state index in [1.807, 2.05) is 24.3 Å². The van der Waals surface area contributed by atoms with Crippen LogP contribution in [0.3, 0.4) is 0 Å². The summed E-state index contributed by atoms with van der Waals surface area (Å²) in [4.78, 5) is 29.9. The Hall–Kier alpha value is -2.63. The number of H-pyrrole nitrogens is 1. The van der Waals surface area contributed by atoms with E-state index >= 15 is 0 Å². The molecule has 0 radical (unpaired) electrons. The molecule has 0 atom stereocenters. The summed E-state index contributed by atoms with van der Waals surface area (Å²) in [6.07, 6.45) is 3.86. The van der Waals surface area contributed by atoms with Crippen LogP contribution in [0.2, 0.25) is 0 Å². The molecule has 3 rings (SSSR count). The van der Waals surface area contributed by atoms with Gasteiger partial charge in [-0.15, -0.1) is 0 Å². The molecule has 0 unspecified atom stereocenters. The van der Waals surface area contributed by atoms with Crippen LogP contribution in [-0.4, -0.2) is 19.1 Å². The SMILES string of the molecule is O=c1ncccn1CCCn1c(=O)[nH]c2ccccc21. The average Bonchev–Trinajstić information content (AvgIpc) is 2.77. The number of benzene rings is 1. The van der Waals surface area contributed by atoms with E-state index in [4.69, 9.17) is 0 Å². The molecule has 0 bridgehead atoms. The molecule has 1 N–H and O–H groups in total. The van der Waals surface area contributed by atoms with Gasteiger partial charge in [-0.1, -0.05) is 12.1 Å². The summed E-state index contributed by atoms with van der Waals surface area (Å²) in [5, 5.41) is 0. The molecule has 102 valence electrons. The van der Waals surface area contributed by atoms with Crippen molar-refractivity contribution in [2.75, 3.05) is 0 Å². The molecule has 1 aromatic carbocycles. The third kappa shape index (κ3) is 2.27. The van der Waals surface area contributed by atoms with Crippen molar-refractivity contribution in [3.05, 3.63) is 63.7 Å². The lowest BCUT2D eigenvalue weighted by Crippen LogP contribution is -2.23. The van der Waals surface area contributed by atoms with Gasteiger partial charge in [-0.2, -0.15) is 0 Å². The first-order valence-electron chi connectivity index (χ1n) is 6.45. The van der Waals surface area contributed by atoms with E-state index in [-0.39, 0.29) is 11.4 Å². The first-order chi connectivity index (χ1) is 9.75. The maximum Gasteiger partial charge on any atom is 0.347 e. The number of rotatable bonds is 4. The number of aryl methyl sites for hydroxylation is 2. The molecule has 6 nitrogen and oxygen atoms in total.